The molecule has 0 saturated carbocycles. The lowest BCUT2D eigenvalue weighted by Gasteiger charge is -2.29. The Hall–Kier alpha value is -2.60. The molecule has 3 aromatic rings. The van der Waals surface area contributed by atoms with E-state index in [-0.39, 0.29) is 17.4 Å². The Labute approximate surface area is 161 Å². The smallest absolute Gasteiger partial charge is 0.276 e. The number of halogens is 1. The second-order valence-electron chi connectivity index (χ2n) is 7.00. The van der Waals surface area contributed by atoms with Crippen LogP contribution < -0.4 is 5.56 Å². The number of rotatable bonds is 3. The van der Waals surface area contributed by atoms with Crippen LogP contribution in [0, 0.1) is 5.92 Å². The number of H-pyrrole nitrogens is 1. The van der Waals surface area contributed by atoms with Crippen molar-refractivity contribution in [1.29, 1.82) is 0 Å². The minimum Gasteiger partial charge on any atom is -0.336 e. The average molecular weight is 385 g/mol. The predicted octanol–water partition coefficient (Wildman–Crippen LogP) is 3.27. The second kappa shape index (κ2) is 6.85. The predicted molar refractivity (Wildman–Crippen MR) is 105 cm³/mol. The number of hydrogen-bond acceptors (Lipinski definition) is 3. The van der Waals surface area contributed by atoms with Crippen LogP contribution in [0.15, 0.2) is 35.1 Å². The first kappa shape index (κ1) is 17.8. The Kier molecular flexibility index (Phi) is 4.52. The molecule has 27 heavy (non-hydrogen) atoms. The van der Waals surface area contributed by atoms with Gasteiger partial charge in [0.2, 0.25) is 5.91 Å². The fourth-order valence-electron chi connectivity index (χ4n) is 3.49. The summed E-state index contributed by atoms with van der Waals surface area (Å²) in [4.78, 5) is 31.9. The molecule has 7 heteroatoms. The number of benzene rings is 1. The molecule has 1 atom stereocenters. The maximum atomic E-state index is 12.9. The summed E-state index contributed by atoms with van der Waals surface area (Å²) in [6.45, 7) is 4.88. The van der Waals surface area contributed by atoms with Crippen molar-refractivity contribution < 1.29 is 4.79 Å². The molecule has 1 amide bonds. The molecule has 6 nitrogen and oxygen atoms in total. The molecule has 3 heterocycles. The molecule has 2 aromatic heterocycles. The molecule has 140 valence electrons. The van der Waals surface area contributed by atoms with Crippen molar-refractivity contribution >= 4 is 23.2 Å². The van der Waals surface area contributed by atoms with Gasteiger partial charge < -0.3 is 4.90 Å². The molecule has 1 aromatic carbocycles. The van der Waals surface area contributed by atoms with Gasteiger partial charge in [0.25, 0.3) is 5.56 Å². The van der Waals surface area contributed by atoms with Gasteiger partial charge in [-0.15, -0.1) is 0 Å². The van der Waals surface area contributed by atoms with Crippen LogP contribution in [0.4, 0.5) is 0 Å². The van der Waals surface area contributed by atoms with Crippen LogP contribution in [-0.4, -0.2) is 31.9 Å². The number of hydrogen-bond donors (Lipinski definition) is 1. The van der Waals surface area contributed by atoms with E-state index in [0.717, 1.165) is 17.7 Å². The summed E-state index contributed by atoms with van der Waals surface area (Å²) < 4.78 is 1.46. The maximum absolute atomic E-state index is 12.9. The maximum Gasteiger partial charge on any atom is 0.276 e. The van der Waals surface area contributed by atoms with E-state index in [0.29, 0.717) is 41.4 Å². The van der Waals surface area contributed by atoms with E-state index in [2.05, 4.69) is 10.1 Å². The van der Waals surface area contributed by atoms with Crippen LogP contribution in [0.2, 0.25) is 5.02 Å². The van der Waals surface area contributed by atoms with Gasteiger partial charge in [0, 0.05) is 34.7 Å². The van der Waals surface area contributed by atoms with Crippen molar-refractivity contribution in [2.45, 2.75) is 33.2 Å². The third-order valence-corrected chi connectivity index (χ3v) is 5.61. The highest BCUT2D eigenvalue weighted by molar-refractivity contribution is 6.33. The highest BCUT2D eigenvalue weighted by Gasteiger charge is 2.27. The van der Waals surface area contributed by atoms with Crippen LogP contribution in [0.5, 0.6) is 0 Å². The van der Waals surface area contributed by atoms with Crippen molar-refractivity contribution in [2.24, 2.45) is 5.92 Å². The molecule has 0 fully saturated rings. The summed E-state index contributed by atoms with van der Waals surface area (Å²) in [6, 6.07) is 9.28. The zero-order valence-corrected chi connectivity index (χ0v) is 16.1. The molecule has 1 aliphatic rings. The van der Waals surface area contributed by atoms with Gasteiger partial charge in [-0.1, -0.05) is 43.6 Å². The van der Waals surface area contributed by atoms with Crippen molar-refractivity contribution in [2.75, 3.05) is 6.54 Å². The third-order valence-electron chi connectivity index (χ3n) is 5.28. The molecule has 0 spiro atoms. The molecule has 1 aliphatic heterocycles. The van der Waals surface area contributed by atoms with Crippen LogP contribution in [0.3, 0.4) is 0 Å². The van der Waals surface area contributed by atoms with E-state index in [4.69, 9.17) is 11.6 Å². The summed E-state index contributed by atoms with van der Waals surface area (Å²) in [5, 5.41) is 3.71. The second-order valence-corrected chi connectivity index (χ2v) is 7.41. The Balaban J connectivity index is 1.76. The number of aromatic nitrogens is 3. The Morgan fingerprint density at radius 1 is 1.37 bits per heavy atom. The molecular weight excluding hydrogens is 364 g/mol. The summed E-state index contributed by atoms with van der Waals surface area (Å²) in [6.07, 6.45) is 1.32. The normalized spacial score (nSPS) is 15.0. The molecule has 0 bridgehead atoms. The highest BCUT2D eigenvalue weighted by atomic mass is 35.5. The fourth-order valence-corrected chi connectivity index (χ4v) is 3.72. The number of carbonyl (C=O) groups excluding carboxylic acids is 1. The van der Waals surface area contributed by atoms with Crippen molar-refractivity contribution in [3.05, 3.63) is 57.0 Å². The van der Waals surface area contributed by atoms with Crippen LogP contribution in [0.1, 0.15) is 31.5 Å². The number of carbonyl (C=O) groups is 1. The number of nitrogens with one attached hydrogen (secondary N) is 1. The van der Waals surface area contributed by atoms with E-state index in [1.807, 2.05) is 44.2 Å². The van der Waals surface area contributed by atoms with Crippen LogP contribution in [0.25, 0.3) is 16.9 Å². The first-order valence-electron chi connectivity index (χ1n) is 9.16. The zero-order chi connectivity index (χ0) is 19.1. The molecule has 0 saturated heterocycles. The number of nitrogens with zero attached hydrogens (tertiary/aromatic N) is 3. The Bertz CT molecular complexity index is 1090. The van der Waals surface area contributed by atoms with Crippen molar-refractivity contribution in [3.8, 4) is 11.3 Å². The quantitative estimate of drug-likeness (QED) is 0.753. The van der Waals surface area contributed by atoms with Gasteiger partial charge in [0.05, 0.1) is 17.9 Å². The Morgan fingerprint density at radius 3 is 2.89 bits per heavy atom. The first-order chi connectivity index (χ1) is 13.0. The van der Waals surface area contributed by atoms with Crippen molar-refractivity contribution in [3.63, 3.8) is 0 Å². The lowest BCUT2D eigenvalue weighted by atomic mass is 10.0. The number of aromatic amines is 1. The largest absolute Gasteiger partial charge is 0.336 e. The van der Waals surface area contributed by atoms with Gasteiger partial charge in [0.15, 0.2) is 5.65 Å². The first-order valence-corrected chi connectivity index (χ1v) is 9.54. The van der Waals surface area contributed by atoms with E-state index in [9.17, 15) is 9.59 Å². The zero-order valence-electron chi connectivity index (χ0n) is 15.3. The summed E-state index contributed by atoms with van der Waals surface area (Å²) >= 11 is 6.28. The van der Waals surface area contributed by atoms with Gasteiger partial charge in [-0.2, -0.15) is 0 Å². The molecule has 0 radical (unpaired) electrons. The number of amides is 1. The molecule has 1 unspecified atom stereocenters. The minimum atomic E-state index is -0.107. The lowest BCUT2D eigenvalue weighted by Crippen LogP contribution is -2.41. The lowest BCUT2D eigenvalue weighted by molar-refractivity contribution is -0.136. The molecule has 0 aliphatic carbocycles. The van der Waals surface area contributed by atoms with Crippen LogP contribution >= 0.6 is 11.6 Å². The van der Waals surface area contributed by atoms with Crippen molar-refractivity contribution in [1.82, 2.24) is 19.5 Å². The fraction of sp³-hybridized carbons (Fsp3) is 0.350. The average Bonchev–Trinajstić information content (AvgIpc) is 3.11. The van der Waals surface area contributed by atoms with E-state index < -0.39 is 0 Å². The number of fused-ring (bicyclic) bond motifs is 2. The van der Waals surface area contributed by atoms with Gasteiger partial charge in [-0.3, -0.25) is 14.7 Å². The standard InChI is InChI=1S/C20H21ClN4O2/c1-3-12(2)19(26)24-9-8-14-17(11-24)22-18-10-16(23-25(18)20(14)27)13-6-4-5-7-15(13)21/h4-7,10,12,23H,3,8-9,11H2,1-2H3. The monoisotopic (exact) mass is 384 g/mol. The molecule has 4 rings (SSSR count). The third kappa shape index (κ3) is 3.04. The summed E-state index contributed by atoms with van der Waals surface area (Å²) in [5.74, 6) is 0.103. The Morgan fingerprint density at radius 2 is 2.15 bits per heavy atom. The summed E-state index contributed by atoms with van der Waals surface area (Å²) in [5.41, 5.74) is 3.34. The summed E-state index contributed by atoms with van der Waals surface area (Å²) in [7, 11) is 0. The molecular formula is C20H21ClN4O2. The van der Waals surface area contributed by atoms with E-state index in [1.165, 1.54) is 4.52 Å². The van der Waals surface area contributed by atoms with Gasteiger partial charge >= 0.3 is 0 Å². The minimum absolute atomic E-state index is 0.0181. The van der Waals surface area contributed by atoms with Gasteiger partial charge in [-0.05, 0) is 18.9 Å². The van der Waals surface area contributed by atoms with Gasteiger partial charge in [-0.25, -0.2) is 9.50 Å². The van der Waals surface area contributed by atoms with E-state index in [1.54, 1.807) is 4.90 Å². The highest BCUT2D eigenvalue weighted by Crippen LogP contribution is 2.27. The van der Waals surface area contributed by atoms with Crippen LogP contribution in [-0.2, 0) is 17.8 Å². The van der Waals surface area contributed by atoms with Gasteiger partial charge in [0.1, 0.15) is 0 Å². The SMILES string of the molecule is CCC(C)C(=O)N1CCc2c(nc3cc(-c4ccccc4Cl)[nH]n3c2=O)C1. The molecule has 1 N–H and O–H groups in total. The topological polar surface area (TPSA) is 70.5 Å². The van der Waals surface area contributed by atoms with E-state index >= 15 is 0 Å².